The Morgan fingerprint density at radius 3 is 2.63 bits per heavy atom. The van der Waals surface area contributed by atoms with Crippen LogP contribution in [0.3, 0.4) is 0 Å². The lowest BCUT2D eigenvalue weighted by molar-refractivity contribution is -0.156. The Hall–Kier alpha value is -2.14. The minimum Gasteiger partial charge on any atom is -0.461 e. The number of carbonyl (C=O) groups is 1. The normalized spacial score (nSPS) is 21.8. The SMILES string of the molecule is CC(C)[C@@H]1CC[C@@H](C)C[C@H]1OC(=O)Cn1c(-c2ccc(Br)cc2)nc2ccccc21. The molecule has 3 aromatic rings. The number of aromatic nitrogens is 2. The summed E-state index contributed by atoms with van der Waals surface area (Å²) in [6.45, 7) is 6.89. The molecule has 0 bridgehead atoms. The predicted octanol–water partition coefficient (Wildman–Crippen LogP) is 6.47. The molecule has 5 heteroatoms. The Bertz CT molecular complexity index is 1030. The molecule has 0 amide bonds. The highest BCUT2D eigenvalue weighted by Crippen LogP contribution is 2.35. The summed E-state index contributed by atoms with van der Waals surface area (Å²) < 4.78 is 9.07. The minimum absolute atomic E-state index is 0.00664. The van der Waals surface area contributed by atoms with Crippen LogP contribution in [0.25, 0.3) is 22.4 Å². The van der Waals surface area contributed by atoms with Gasteiger partial charge in [0.1, 0.15) is 18.5 Å². The van der Waals surface area contributed by atoms with E-state index >= 15 is 0 Å². The van der Waals surface area contributed by atoms with E-state index in [1.807, 2.05) is 53.1 Å². The second kappa shape index (κ2) is 8.93. The van der Waals surface area contributed by atoms with Crippen LogP contribution in [0.2, 0.25) is 0 Å². The number of halogens is 1. The van der Waals surface area contributed by atoms with E-state index in [9.17, 15) is 4.79 Å². The molecule has 0 radical (unpaired) electrons. The van der Waals surface area contributed by atoms with Gasteiger partial charge in [-0.3, -0.25) is 4.79 Å². The van der Waals surface area contributed by atoms with Crippen molar-refractivity contribution in [2.45, 2.75) is 52.7 Å². The number of benzene rings is 2. The average molecular weight is 469 g/mol. The number of carbonyl (C=O) groups excluding carboxylic acids is 1. The van der Waals surface area contributed by atoms with Crippen LogP contribution in [0.4, 0.5) is 0 Å². The topological polar surface area (TPSA) is 44.1 Å². The zero-order valence-electron chi connectivity index (χ0n) is 17.8. The maximum atomic E-state index is 13.1. The fourth-order valence-electron chi connectivity index (χ4n) is 4.64. The quantitative estimate of drug-likeness (QED) is 0.403. The Kier molecular flexibility index (Phi) is 6.28. The van der Waals surface area contributed by atoms with Gasteiger partial charge in [0.05, 0.1) is 11.0 Å². The molecule has 158 valence electrons. The highest BCUT2D eigenvalue weighted by Gasteiger charge is 2.33. The van der Waals surface area contributed by atoms with E-state index in [0.29, 0.717) is 17.8 Å². The molecule has 0 saturated heterocycles. The van der Waals surface area contributed by atoms with Crippen molar-refractivity contribution in [3.05, 3.63) is 53.0 Å². The van der Waals surface area contributed by atoms with Crippen LogP contribution in [0.15, 0.2) is 53.0 Å². The average Bonchev–Trinajstić information content (AvgIpc) is 3.07. The molecule has 3 atom stereocenters. The van der Waals surface area contributed by atoms with Gasteiger partial charge in [0.2, 0.25) is 0 Å². The van der Waals surface area contributed by atoms with Crippen molar-refractivity contribution in [1.29, 1.82) is 0 Å². The summed E-state index contributed by atoms with van der Waals surface area (Å²) in [5.74, 6) is 2.17. The number of esters is 1. The van der Waals surface area contributed by atoms with Crippen LogP contribution in [0.1, 0.15) is 40.0 Å². The summed E-state index contributed by atoms with van der Waals surface area (Å²) in [5, 5.41) is 0. The van der Waals surface area contributed by atoms with Crippen molar-refractivity contribution in [2.75, 3.05) is 0 Å². The zero-order valence-corrected chi connectivity index (χ0v) is 19.4. The monoisotopic (exact) mass is 468 g/mol. The maximum Gasteiger partial charge on any atom is 0.326 e. The highest BCUT2D eigenvalue weighted by atomic mass is 79.9. The van der Waals surface area contributed by atoms with Gasteiger partial charge in [0, 0.05) is 10.0 Å². The third-order valence-electron chi connectivity index (χ3n) is 6.29. The Morgan fingerprint density at radius 2 is 1.90 bits per heavy atom. The summed E-state index contributed by atoms with van der Waals surface area (Å²) in [5.41, 5.74) is 2.81. The Morgan fingerprint density at radius 1 is 1.17 bits per heavy atom. The molecular weight excluding hydrogens is 440 g/mol. The highest BCUT2D eigenvalue weighted by molar-refractivity contribution is 9.10. The zero-order chi connectivity index (χ0) is 21.3. The third kappa shape index (κ3) is 4.46. The third-order valence-corrected chi connectivity index (χ3v) is 6.82. The second-order valence-electron chi connectivity index (χ2n) is 8.87. The molecule has 4 nitrogen and oxygen atoms in total. The van der Waals surface area contributed by atoms with Crippen LogP contribution in [0.5, 0.6) is 0 Å². The van der Waals surface area contributed by atoms with Gasteiger partial charge >= 0.3 is 5.97 Å². The van der Waals surface area contributed by atoms with Gasteiger partial charge in [-0.2, -0.15) is 0 Å². The first-order chi connectivity index (χ1) is 14.4. The van der Waals surface area contributed by atoms with Crippen LogP contribution >= 0.6 is 15.9 Å². The number of hydrogen-bond donors (Lipinski definition) is 0. The fourth-order valence-corrected chi connectivity index (χ4v) is 4.90. The molecule has 4 rings (SSSR count). The van der Waals surface area contributed by atoms with Crippen LogP contribution in [0, 0.1) is 17.8 Å². The molecule has 1 aromatic heterocycles. The van der Waals surface area contributed by atoms with Gasteiger partial charge in [0.25, 0.3) is 0 Å². The summed E-state index contributed by atoms with van der Waals surface area (Å²) in [7, 11) is 0. The number of rotatable bonds is 5. The maximum absolute atomic E-state index is 13.1. The molecule has 0 aliphatic heterocycles. The standard InChI is InChI=1S/C25H29BrN2O2/c1-16(2)20-13-8-17(3)14-23(20)30-24(29)15-28-22-7-5-4-6-21(22)27-25(28)18-9-11-19(26)12-10-18/h4-7,9-12,16-17,20,23H,8,13-15H2,1-3H3/t17-,20+,23-/m1/s1. The second-order valence-corrected chi connectivity index (χ2v) is 9.79. The van der Waals surface area contributed by atoms with E-state index in [-0.39, 0.29) is 18.6 Å². The number of fused-ring (bicyclic) bond motifs is 1. The number of nitrogens with zero attached hydrogens (tertiary/aromatic N) is 2. The molecular formula is C25H29BrN2O2. The van der Waals surface area contributed by atoms with E-state index in [1.165, 1.54) is 6.42 Å². The van der Waals surface area contributed by atoms with Crippen LogP contribution in [-0.2, 0) is 16.1 Å². The lowest BCUT2D eigenvalue weighted by Gasteiger charge is -2.36. The number of imidazole rings is 1. The predicted molar refractivity (Wildman–Crippen MR) is 124 cm³/mol. The van der Waals surface area contributed by atoms with E-state index in [0.717, 1.165) is 39.7 Å². The van der Waals surface area contributed by atoms with Crippen LogP contribution < -0.4 is 0 Å². The van der Waals surface area contributed by atoms with Crippen LogP contribution in [-0.4, -0.2) is 21.6 Å². The summed E-state index contributed by atoms with van der Waals surface area (Å²) in [6.07, 6.45) is 3.32. The number of para-hydroxylation sites is 2. The first-order valence-electron chi connectivity index (χ1n) is 10.8. The van der Waals surface area contributed by atoms with Crippen molar-refractivity contribution in [3.8, 4) is 11.4 Å². The molecule has 1 heterocycles. The first kappa shape index (κ1) is 21.1. The summed E-state index contributed by atoms with van der Waals surface area (Å²) >= 11 is 3.49. The van der Waals surface area contributed by atoms with Crippen molar-refractivity contribution >= 4 is 32.9 Å². The molecule has 2 aromatic carbocycles. The molecule has 0 spiro atoms. The minimum atomic E-state index is -0.179. The van der Waals surface area contributed by atoms with Crippen molar-refractivity contribution in [2.24, 2.45) is 17.8 Å². The first-order valence-corrected chi connectivity index (χ1v) is 11.6. The fraction of sp³-hybridized carbons (Fsp3) is 0.440. The largest absolute Gasteiger partial charge is 0.461 e. The van der Waals surface area contributed by atoms with E-state index < -0.39 is 0 Å². The summed E-state index contributed by atoms with van der Waals surface area (Å²) in [4.78, 5) is 17.9. The van der Waals surface area contributed by atoms with Gasteiger partial charge in [-0.15, -0.1) is 0 Å². The van der Waals surface area contributed by atoms with Gasteiger partial charge < -0.3 is 9.30 Å². The van der Waals surface area contributed by atoms with E-state index in [4.69, 9.17) is 9.72 Å². The number of hydrogen-bond acceptors (Lipinski definition) is 3. The summed E-state index contributed by atoms with van der Waals surface area (Å²) in [6, 6.07) is 16.0. The lowest BCUT2D eigenvalue weighted by Crippen LogP contribution is -2.36. The van der Waals surface area contributed by atoms with Gasteiger partial charge in [-0.25, -0.2) is 4.98 Å². The van der Waals surface area contributed by atoms with Crippen molar-refractivity contribution in [3.63, 3.8) is 0 Å². The molecule has 1 fully saturated rings. The Labute approximate surface area is 186 Å². The number of ether oxygens (including phenoxy) is 1. The molecule has 0 N–H and O–H groups in total. The molecule has 1 aliphatic rings. The van der Waals surface area contributed by atoms with Gasteiger partial charge in [-0.05, 0) is 54.9 Å². The van der Waals surface area contributed by atoms with Gasteiger partial charge in [-0.1, -0.05) is 67.4 Å². The van der Waals surface area contributed by atoms with Crippen molar-refractivity contribution < 1.29 is 9.53 Å². The molecule has 1 saturated carbocycles. The lowest BCUT2D eigenvalue weighted by atomic mass is 9.75. The van der Waals surface area contributed by atoms with E-state index in [1.54, 1.807) is 0 Å². The smallest absolute Gasteiger partial charge is 0.326 e. The van der Waals surface area contributed by atoms with Gasteiger partial charge in [0.15, 0.2) is 0 Å². The molecule has 1 aliphatic carbocycles. The molecule has 30 heavy (non-hydrogen) atoms. The van der Waals surface area contributed by atoms with Crippen molar-refractivity contribution in [1.82, 2.24) is 9.55 Å². The molecule has 0 unspecified atom stereocenters. The Balaban J connectivity index is 1.62. The van der Waals surface area contributed by atoms with E-state index in [2.05, 4.69) is 36.7 Å².